The van der Waals surface area contributed by atoms with Crippen molar-refractivity contribution >= 4 is 0 Å². The Kier molecular flexibility index (Phi) is 7.69. The van der Waals surface area contributed by atoms with E-state index in [1.54, 1.807) is 0 Å². The molecule has 0 saturated carbocycles. The van der Waals surface area contributed by atoms with Crippen LogP contribution in [-0.4, -0.2) is 9.13 Å². The molecule has 4 aromatic rings. The fourth-order valence-electron chi connectivity index (χ4n) is 2.91. The maximum atomic E-state index is 2.25. The van der Waals surface area contributed by atoms with Gasteiger partial charge in [-0.25, -0.2) is 0 Å². The van der Waals surface area contributed by atoms with Gasteiger partial charge in [0, 0.05) is 37.4 Å². The van der Waals surface area contributed by atoms with Crippen LogP contribution < -0.4 is 0 Å². The van der Waals surface area contributed by atoms with Gasteiger partial charge in [0.2, 0.25) is 0 Å². The van der Waals surface area contributed by atoms with Gasteiger partial charge in [-0.1, -0.05) is 68.1 Å². The van der Waals surface area contributed by atoms with Gasteiger partial charge in [-0.05, 0) is 48.7 Å². The molecule has 140 valence electrons. The van der Waals surface area contributed by atoms with Crippen LogP contribution in [0.5, 0.6) is 0 Å². The van der Waals surface area contributed by atoms with E-state index in [4.69, 9.17) is 0 Å². The maximum absolute atomic E-state index is 2.25. The lowest BCUT2D eigenvalue weighted by Gasteiger charge is -2.05. The first-order valence-electron chi connectivity index (χ1n) is 9.03. The predicted octanol–water partition coefficient (Wildman–Crippen LogP) is 6.33. The van der Waals surface area contributed by atoms with E-state index < -0.39 is 0 Å². The molecule has 0 fully saturated rings. The molecule has 0 aliphatic carbocycles. The number of aryl methyl sites for hydroxylation is 2. The van der Waals surface area contributed by atoms with E-state index in [1.807, 2.05) is 12.1 Å². The zero-order valence-electron chi connectivity index (χ0n) is 15.5. The van der Waals surface area contributed by atoms with Gasteiger partial charge in [0.25, 0.3) is 0 Å². The average Bonchev–Trinajstić information content (AvgIpc) is 3.26. The minimum atomic E-state index is 0. The van der Waals surface area contributed by atoms with Crippen molar-refractivity contribution in [2.45, 2.75) is 34.4 Å². The van der Waals surface area contributed by atoms with Crippen LogP contribution in [0.15, 0.2) is 97.5 Å². The predicted molar refractivity (Wildman–Crippen MR) is 116 cm³/mol. The zero-order valence-corrected chi connectivity index (χ0v) is 15.5. The third-order valence-corrected chi connectivity index (χ3v) is 4.36. The van der Waals surface area contributed by atoms with Crippen molar-refractivity contribution in [1.29, 1.82) is 0 Å². The van der Waals surface area contributed by atoms with Crippen LogP contribution in [0.25, 0.3) is 0 Å². The molecule has 0 amide bonds. The van der Waals surface area contributed by atoms with Crippen molar-refractivity contribution in [2.75, 3.05) is 0 Å². The van der Waals surface area contributed by atoms with Crippen LogP contribution in [0.3, 0.4) is 0 Å². The molecule has 2 heterocycles. The van der Waals surface area contributed by atoms with E-state index in [0.29, 0.717) is 0 Å². The number of benzene rings is 2. The normalized spacial score (nSPS) is 9.85. The van der Waals surface area contributed by atoms with Gasteiger partial charge in [-0.2, -0.15) is 0 Å². The molecule has 0 bridgehead atoms. The van der Waals surface area contributed by atoms with E-state index >= 15 is 0 Å². The summed E-state index contributed by atoms with van der Waals surface area (Å²) in [5.41, 5.74) is 5.32. The molecule has 0 N–H and O–H groups in total. The Balaban J connectivity index is 0.000000187. The van der Waals surface area contributed by atoms with Crippen LogP contribution >= 0.6 is 0 Å². The van der Waals surface area contributed by atoms with Gasteiger partial charge >= 0.3 is 0 Å². The second kappa shape index (κ2) is 10.2. The quantitative estimate of drug-likeness (QED) is 0.404. The smallest absolute Gasteiger partial charge is 0.0472 e. The highest BCUT2D eigenvalue weighted by Crippen LogP contribution is 2.06. The zero-order chi connectivity index (χ0) is 18.2. The Bertz CT molecular complexity index is 902. The Morgan fingerprint density at radius 3 is 1.70 bits per heavy atom. The first kappa shape index (κ1) is 20.3. The van der Waals surface area contributed by atoms with E-state index in [-0.39, 0.29) is 7.43 Å². The molecule has 0 aliphatic heterocycles. The lowest BCUT2D eigenvalue weighted by atomic mass is 10.2. The minimum absolute atomic E-state index is 0. The molecule has 2 aromatic heterocycles. The van der Waals surface area contributed by atoms with Gasteiger partial charge in [0.1, 0.15) is 0 Å². The standard InChI is InChI=1S/2C12H13N.CH4/c1-11-6-5-9-13(11)10-12-7-3-2-4-8-12;1-11-7-8-13(9-11)10-12-5-3-2-4-6-12;/h2*2-9H,10H2,1H3;1H4. The van der Waals surface area contributed by atoms with E-state index in [1.165, 1.54) is 22.4 Å². The fraction of sp³-hybridized carbons (Fsp3) is 0.200. The van der Waals surface area contributed by atoms with Crippen molar-refractivity contribution in [1.82, 2.24) is 9.13 Å². The van der Waals surface area contributed by atoms with Crippen LogP contribution in [0.2, 0.25) is 0 Å². The molecule has 2 heteroatoms. The van der Waals surface area contributed by atoms with Crippen molar-refractivity contribution in [3.8, 4) is 0 Å². The molecule has 0 saturated heterocycles. The van der Waals surface area contributed by atoms with E-state index in [9.17, 15) is 0 Å². The van der Waals surface area contributed by atoms with Gasteiger partial charge in [0.15, 0.2) is 0 Å². The molecule has 27 heavy (non-hydrogen) atoms. The number of hydrogen-bond donors (Lipinski definition) is 0. The lowest BCUT2D eigenvalue weighted by Crippen LogP contribution is -1.99. The van der Waals surface area contributed by atoms with Crippen molar-refractivity contribution in [3.05, 3.63) is 120 Å². The number of rotatable bonds is 4. The van der Waals surface area contributed by atoms with Gasteiger partial charge < -0.3 is 9.13 Å². The van der Waals surface area contributed by atoms with Crippen LogP contribution in [0, 0.1) is 13.8 Å². The monoisotopic (exact) mass is 358 g/mol. The molecule has 2 nitrogen and oxygen atoms in total. The highest BCUT2D eigenvalue weighted by atomic mass is 15.0. The van der Waals surface area contributed by atoms with Gasteiger partial charge in [0.05, 0.1) is 0 Å². The van der Waals surface area contributed by atoms with Crippen molar-refractivity contribution < 1.29 is 0 Å². The van der Waals surface area contributed by atoms with E-state index in [2.05, 4.69) is 108 Å². The Hall–Kier alpha value is -3.00. The number of hydrogen-bond acceptors (Lipinski definition) is 0. The summed E-state index contributed by atoms with van der Waals surface area (Å²) in [5, 5.41) is 0. The molecule has 0 spiro atoms. The minimum Gasteiger partial charge on any atom is -0.350 e. The molecule has 0 atom stereocenters. The average molecular weight is 359 g/mol. The van der Waals surface area contributed by atoms with Gasteiger partial charge in [-0.3, -0.25) is 0 Å². The Morgan fingerprint density at radius 1 is 0.630 bits per heavy atom. The van der Waals surface area contributed by atoms with Crippen LogP contribution in [-0.2, 0) is 13.1 Å². The summed E-state index contributed by atoms with van der Waals surface area (Å²) < 4.78 is 4.44. The van der Waals surface area contributed by atoms with Crippen molar-refractivity contribution in [3.63, 3.8) is 0 Å². The molecular formula is C25H30N2. The lowest BCUT2D eigenvalue weighted by molar-refractivity contribution is 0.776. The highest BCUT2D eigenvalue weighted by molar-refractivity contribution is 5.18. The summed E-state index contributed by atoms with van der Waals surface area (Å²) in [6.45, 7) is 6.18. The second-order valence-corrected chi connectivity index (χ2v) is 6.61. The summed E-state index contributed by atoms with van der Waals surface area (Å²) in [6.07, 6.45) is 6.39. The largest absolute Gasteiger partial charge is 0.350 e. The van der Waals surface area contributed by atoms with Gasteiger partial charge in [-0.15, -0.1) is 0 Å². The first-order chi connectivity index (χ1) is 12.7. The van der Waals surface area contributed by atoms with Crippen LogP contribution in [0.1, 0.15) is 29.8 Å². The third kappa shape index (κ3) is 6.34. The second-order valence-electron chi connectivity index (χ2n) is 6.61. The maximum Gasteiger partial charge on any atom is 0.0472 e. The number of nitrogens with zero attached hydrogens (tertiary/aromatic N) is 2. The summed E-state index contributed by atoms with van der Waals surface area (Å²) >= 11 is 0. The first-order valence-corrected chi connectivity index (χ1v) is 9.03. The molecule has 0 radical (unpaired) electrons. The summed E-state index contributed by atoms with van der Waals surface area (Å²) in [7, 11) is 0. The summed E-state index contributed by atoms with van der Waals surface area (Å²) in [5.74, 6) is 0. The molecule has 2 aromatic carbocycles. The highest BCUT2D eigenvalue weighted by Gasteiger charge is 1.95. The fourth-order valence-corrected chi connectivity index (χ4v) is 2.91. The Morgan fingerprint density at radius 2 is 1.22 bits per heavy atom. The Labute approximate surface area is 163 Å². The van der Waals surface area contributed by atoms with E-state index in [0.717, 1.165) is 13.1 Å². The summed E-state index contributed by atoms with van der Waals surface area (Å²) in [4.78, 5) is 0. The SMILES string of the molecule is C.Cc1cccn1Cc1ccccc1.Cc1ccn(Cc2ccccc2)c1. The molecule has 0 unspecified atom stereocenters. The third-order valence-electron chi connectivity index (χ3n) is 4.36. The topological polar surface area (TPSA) is 9.86 Å². The summed E-state index contributed by atoms with van der Waals surface area (Å²) in [6, 6.07) is 27.3. The molecule has 4 rings (SSSR count). The number of aromatic nitrogens is 2. The molecular weight excluding hydrogens is 328 g/mol. The van der Waals surface area contributed by atoms with Crippen LogP contribution in [0.4, 0.5) is 0 Å². The molecule has 0 aliphatic rings. The van der Waals surface area contributed by atoms with Crippen molar-refractivity contribution in [2.24, 2.45) is 0 Å².